The molecule has 0 rings (SSSR count). The second-order valence-corrected chi connectivity index (χ2v) is 7.96. The molecular weight excluding hydrogens is 560 g/mol. The molecule has 14 N–H and O–H groups in total. The molecule has 0 aromatic rings. The lowest BCUT2D eigenvalue weighted by Gasteiger charge is -2.19. The molecule has 7 amide bonds. The molecule has 0 aliphatic rings. The Hall–Kier alpha value is -4.44. The van der Waals surface area contributed by atoms with Gasteiger partial charge in [-0.05, 0) is 0 Å². The Morgan fingerprint density at radius 3 is 1.05 bits per heavy atom. The highest BCUT2D eigenvalue weighted by Gasteiger charge is 2.25. The Morgan fingerprint density at radius 2 is 0.780 bits per heavy atom. The average Bonchev–Trinajstić information content (AvgIpc) is 2.95. The van der Waals surface area contributed by atoms with Gasteiger partial charge in [0.25, 0.3) is 0 Å². The Kier molecular flexibility index (Phi) is 17.5. The van der Waals surface area contributed by atoms with E-state index in [0.717, 1.165) is 0 Å². The number of aliphatic hydroxyl groups excluding tert-OH is 4. The molecule has 0 aromatic carbocycles. The van der Waals surface area contributed by atoms with Crippen molar-refractivity contribution in [1.29, 1.82) is 0 Å². The van der Waals surface area contributed by atoms with E-state index in [0.29, 0.717) is 0 Å². The summed E-state index contributed by atoms with van der Waals surface area (Å²) in [5.41, 5.74) is 5.26. The van der Waals surface area contributed by atoms with Gasteiger partial charge in [-0.1, -0.05) is 0 Å². The Balaban J connectivity index is 4.66. The fourth-order valence-electron chi connectivity index (χ4n) is 2.57. The first-order chi connectivity index (χ1) is 19.3. The van der Waals surface area contributed by atoms with E-state index in [1.54, 1.807) is 0 Å². The van der Waals surface area contributed by atoms with Crippen LogP contribution in [0.4, 0.5) is 0 Å². The number of nitrogens with one attached hydrogen (secondary N) is 7. The van der Waals surface area contributed by atoms with E-state index in [4.69, 9.17) is 15.9 Å². The van der Waals surface area contributed by atoms with Gasteiger partial charge in [0, 0.05) is 0 Å². The summed E-state index contributed by atoms with van der Waals surface area (Å²) in [7, 11) is 0. The standard InChI is InChI=1S/C20H34N8O13/c21-9(5-29)17(38)22-1-13(33)26-10(6-30)18(39)23-2-14(34)27-11(7-31)19(40)24-3-15(35)28-12(8-32)20(41)25-4-16(36)37/h9-12,29-32H,1-8,21H2,(H,22,38)(H,23,39)(H,24,40)(H,25,41)(H,26,33)(H,27,34)(H,28,35)(H,36,37)/t9-,10-,11-,12-/m0/s1. The van der Waals surface area contributed by atoms with Gasteiger partial charge in [0.2, 0.25) is 41.4 Å². The molecule has 232 valence electrons. The number of carbonyl (C=O) groups excluding carboxylic acids is 7. The van der Waals surface area contributed by atoms with Crippen LogP contribution in [0.25, 0.3) is 0 Å². The van der Waals surface area contributed by atoms with Gasteiger partial charge in [-0.15, -0.1) is 0 Å². The van der Waals surface area contributed by atoms with Crippen LogP contribution >= 0.6 is 0 Å². The summed E-state index contributed by atoms with van der Waals surface area (Å²) in [6.45, 7) is -6.35. The van der Waals surface area contributed by atoms with Crippen LogP contribution in [0.3, 0.4) is 0 Å². The second-order valence-electron chi connectivity index (χ2n) is 7.96. The topological polar surface area (TPSA) is 348 Å². The molecule has 21 nitrogen and oxygen atoms in total. The molecule has 0 heterocycles. The van der Waals surface area contributed by atoms with E-state index < -0.39 is 124 Å². The predicted octanol–water partition coefficient (Wildman–Crippen LogP) is -9.71. The first-order valence-electron chi connectivity index (χ1n) is 11.7. The third-order valence-corrected chi connectivity index (χ3v) is 4.72. The van der Waals surface area contributed by atoms with Crippen LogP contribution in [0.5, 0.6) is 0 Å². The minimum absolute atomic E-state index is 0.638. The fraction of sp³-hybridized carbons (Fsp3) is 0.600. The smallest absolute Gasteiger partial charge is 0.322 e. The van der Waals surface area contributed by atoms with Gasteiger partial charge in [-0.25, -0.2) is 0 Å². The van der Waals surface area contributed by atoms with Gasteiger partial charge >= 0.3 is 5.97 Å². The fourth-order valence-corrected chi connectivity index (χ4v) is 2.57. The molecule has 0 fully saturated rings. The minimum Gasteiger partial charge on any atom is -0.480 e. The van der Waals surface area contributed by atoms with Crippen molar-refractivity contribution in [1.82, 2.24) is 37.2 Å². The molecule has 0 saturated heterocycles. The van der Waals surface area contributed by atoms with E-state index >= 15 is 0 Å². The van der Waals surface area contributed by atoms with Crippen molar-refractivity contribution in [3.8, 4) is 0 Å². The molecule has 0 aliphatic carbocycles. The zero-order valence-corrected chi connectivity index (χ0v) is 21.5. The van der Waals surface area contributed by atoms with Crippen molar-refractivity contribution in [2.45, 2.75) is 24.2 Å². The van der Waals surface area contributed by atoms with Crippen LogP contribution < -0.4 is 43.0 Å². The number of carbonyl (C=O) groups is 8. The molecule has 0 radical (unpaired) electrons. The summed E-state index contributed by atoms with van der Waals surface area (Å²) in [6.07, 6.45) is 0. The van der Waals surface area contributed by atoms with E-state index in [2.05, 4.69) is 21.3 Å². The number of hydrogen-bond acceptors (Lipinski definition) is 13. The largest absolute Gasteiger partial charge is 0.480 e. The highest BCUT2D eigenvalue weighted by molar-refractivity contribution is 5.95. The molecular formula is C20H34N8O13. The van der Waals surface area contributed by atoms with Gasteiger partial charge in [0.15, 0.2) is 0 Å². The number of amides is 7. The van der Waals surface area contributed by atoms with Crippen molar-refractivity contribution < 1.29 is 63.9 Å². The average molecular weight is 595 g/mol. The summed E-state index contributed by atoms with van der Waals surface area (Å²) in [5.74, 6) is -8.18. The molecule has 0 aromatic heterocycles. The summed E-state index contributed by atoms with van der Waals surface area (Å²) < 4.78 is 0. The number of aliphatic carboxylic acids is 1. The van der Waals surface area contributed by atoms with Crippen molar-refractivity contribution in [3.63, 3.8) is 0 Å². The maximum absolute atomic E-state index is 12.2. The molecule has 0 bridgehead atoms. The molecule has 41 heavy (non-hydrogen) atoms. The number of nitrogens with two attached hydrogens (primary N) is 1. The summed E-state index contributed by atoms with van der Waals surface area (Å²) in [4.78, 5) is 93.9. The second kappa shape index (κ2) is 19.6. The highest BCUT2D eigenvalue weighted by Crippen LogP contribution is 1.88. The van der Waals surface area contributed by atoms with E-state index in [1.165, 1.54) is 0 Å². The lowest BCUT2D eigenvalue weighted by molar-refractivity contribution is -0.138. The van der Waals surface area contributed by atoms with Crippen LogP contribution in [0.1, 0.15) is 0 Å². The summed E-state index contributed by atoms with van der Waals surface area (Å²) in [6, 6.07) is -5.93. The SMILES string of the molecule is N[C@@H](CO)C(=O)NCC(=O)N[C@@H](CO)C(=O)NCC(=O)N[C@@H](CO)C(=O)NCC(=O)N[C@@H](CO)C(=O)NCC(=O)O. The molecule has 0 spiro atoms. The number of carboxylic acids is 1. The highest BCUT2D eigenvalue weighted by atomic mass is 16.4. The van der Waals surface area contributed by atoms with Crippen LogP contribution in [-0.4, -0.2) is 150 Å². The number of rotatable bonds is 19. The van der Waals surface area contributed by atoms with Crippen LogP contribution in [0.15, 0.2) is 0 Å². The maximum Gasteiger partial charge on any atom is 0.322 e. The monoisotopic (exact) mass is 594 g/mol. The third-order valence-electron chi connectivity index (χ3n) is 4.72. The zero-order chi connectivity index (χ0) is 31.5. The molecule has 0 aliphatic heterocycles. The lowest BCUT2D eigenvalue weighted by atomic mass is 10.2. The van der Waals surface area contributed by atoms with Gasteiger partial charge in [-0.3, -0.25) is 38.4 Å². The number of aliphatic hydroxyl groups is 4. The minimum atomic E-state index is -1.60. The van der Waals surface area contributed by atoms with Crippen molar-refractivity contribution in [2.75, 3.05) is 52.6 Å². The number of carboxylic acid groups (broad SMARTS) is 1. The summed E-state index contributed by atoms with van der Waals surface area (Å²) in [5, 5.41) is 59.5. The van der Waals surface area contributed by atoms with E-state index in [9.17, 15) is 53.7 Å². The van der Waals surface area contributed by atoms with Gasteiger partial charge in [-0.2, -0.15) is 0 Å². The first kappa shape index (κ1) is 36.6. The molecule has 21 heteroatoms. The Labute approximate surface area is 231 Å². The third kappa shape index (κ3) is 15.1. The van der Waals surface area contributed by atoms with Gasteiger partial charge in [0.05, 0.1) is 46.1 Å². The lowest BCUT2D eigenvalue weighted by Crippen LogP contribution is -2.56. The molecule has 4 atom stereocenters. The van der Waals surface area contributed by atoms with Gasteiger partial charge in [0.1, 0.15) is 30.7 Å². The predicted molar refractivity (Wildman–Crippen MR) is 132 cm³/mol. The Bertz CT molecular complexity index is 963. The van der Waals surface area contributed by atoms with Crippen molar-refractivity contribution in [2.24, 2.45) is 5.73 Å². The molecule has 0 saturated carbocycles. The van der Waals surface area contributed by atoms with Crippen LogP contribution in [0, 0.1) is 0 Å². The Morgan fingerprint density at radius 1 is 0.488 bits per heavy atom. The zero-order valence-electron chi connectivity index (χ0n) is 21.5. The molecule has 0 unspecified atom stereocenters. The van der Waals surface area contributed by atoms with Crippen molar-refractivity contribution in [3.05, 3.63) is 0 Å². The normalized spacial score (nSPS) is 13.3. The number of hydrogen-bond donors (Lipinski definition) is 13. The maximum atomic E-state index is 12.2. The van der Waals surface area contributed by atoms with Crippen LogP contribution in [0.2, 0.25) is 0 Å². The first-order valence-corrected chi connectivity index (χ1v) is 11.7. The van der Waals surface area contributed by atoms with E-state index in [1.807, 2.05) is 16.0 Å². The van der Waals surface area contributed by atoms with Gasteiger partial charge < -0.3 is 68.5 Å². The van der Waals surface area contributed by atoms with Crippen LogP contribution in [-0.2, 0) is 38.4 Å². The van der Waals surface area contributed by atoms with E-state index in [-0.39, 0.29) is 0 Å². The summed E-state index contributed by atoms with van der Waals surface area (Å²) >= 11 is 0. The van der Waals surface area contributed by atoms with Crippen molar-refractivity contribution >= 4 is 47.3 Å². The quantitative estimate of drug-likeness (QED) is 0.0660.